The molecule has 1 aromatic carbocycles. The van der Waals surface area contributed by atoms with E-state index in [2.05, 4.69) is 5.32 Å². The first kappa shape index (κ1) is 17.8. The number of carboxylic acids is 1. The molecule has 116 valence electrons. The van der Waals surface area contributed by atoms with Crippen molar-refractivity contribution in [3.63, 3.8) is 0 Å². The number of carboxylic acid groups (broad SMARTS) is 1. The number of carbonyl (C=O) groups excluding carboxylic acids is 1. The third-order valence-corrected chi connectivity index (χ3v) is 5.83. The van der Waals surface area contributed by atoms with Gasteiger partial charge in [-0.25, -0.2) is 13.2 Å². The van der Waals surface area contributed by atoms with E-state index in [1.165, 1.54) is 24.3 Å². The first-order valence-electron chi connectivity index (χ1n) is 5.85. The van der Waals surface area contributed by atoms with E-state index in [9.17, 15) is 18.0 Å². The van der Waals surface area contributed by atoms with E-state index in [1.54, 1.807) is 0 Å². The van der Waals surface area contributed by atoms with E-state index in [4.69, 9.17) is 16.7 Å². The molecule has 1 aromatic rings. The van der Waals surface area contributed by atoms with Crippen molar-refractivity contribution in [2.24, 2.45) is 0 Å². The lowest BCUT2D eigenvalue weighted by molar-refractivity contribution is -0.139. The number of sulfone groups is 1. The first-order chi connectivity index (χ1) is 9.86. The zero-order valence-electron chi connectivity index (χ0n) is 10.9. The number of hydrogen-bond donors (Lipinski definition) is 2. The molecule has 1 amide bonds. The van der Waals surface area contributed by atoms with Gasteiger partial charge in [-0.05, 0) is 24.3 Å². The van der Waals surface area contributed by atoms with Crippen LogP contribution in [0.4, 0.5) is 0 Å². The number of halogens is 1. The molecule has 21 heavy (non-hydrogen) atoms. The zero-order chi connectivity index (χ0) is 15.9. The molecule has 1 atom stereocenters. The number of thioether (sulfide) groups is 1. The lowest BCUT2D eigenvalue weighted by Crippen LogP contribution is -2.38. The summed E-state index contributed by atoms with van der Waals surface area (Å²) >= 11 is 6.84. The van der Waals surface area contributed by atoms with Crippen molar-refractivity contribution in [1.82, 2.24) is 5.32 Å². The molecule has 0 aliphatic heterocycles. The molecule has 6 nitrogen and oxygen atoms in total. The van der Waals surface area contributed by atoms with Gasteiger partial charge in [0.2, 0.25) is 6.41 Å². The van der Waals surface area contributed by atoms with Gasteiger partial charge in [-0.2, -0.15) is 11.8 Å². The third-order valence-electron chi connectivity index (χ3n) is 2.52. The van der Waals surface area contributed by atoms with Crippen LogP contribution >= 0.6 is 23.4 Å². The molecule has 0 bridgehead atoms. The molecule has 0 heterocycles. The molecule has 0 aliphatic carbocycles. The first-order valence-corrected chi connectivity index (χ1v) is 9.04. The molecular weight excluding hydrogens is 338 g/mol. The minimum Gasteiger partial charge on any atom is -0.480 e. The van der Waals surface area contributed by atoms with Crippen LogP contribution in [0.15, 0.2) is 29.2 Å². The Morgan fingerprint density at radius 2 is 2.00 bits per heavy atom. The van der Waals surface area contributed by atoms with E-state index < -0.39 is 21.8 Å². The van der Waals surface area contributed by atoms with Crippen molar-refractivity contribution in [2.75, 3.05) is 17.3 Å². The van der Waals surface area contributed by atoms with E-state index in [1.807, 2.05) is 0 Å². The maximum Gasteiger partial charge on any atom is 0.327 e. The Kier molecular flexibility index (Phi) is 7.00. The summed E-state index contributed by atoms with van der Waals surface area (Å²) in [5.41, 5.74) is 0. The lowest BCUT2D eigenvalue weighted by Gasteiger charge is -2.10. The molecule has 1 unspecified atom stereocenters. The second kappa shape index (κ2) is 8.26. The van der Waals surface area contributed by atoms with Crippen molar-refractivity contribution < 1.29 is 23.1 Å². The van der Waals surface area contributed by atoms with E-state index >= 15 is 0 Å². The van der Waals surface area contributed by atoms with Gasteiger partial charge in [0.1, 0.15) is 6.04 Å². The van der Waals surface area contributed by atoms with E-state index in [0.717, 1.165) is 11.8 Å². The Hall–Kier alpha value is -1.25. The summed E-state index contributed by atoms with van der Waals surface area (Å²) in [4.78, 5) is 21.2. The van der Waals surface area contributed by atoms with Gasteiger partial charge in [-0.3, -0.25) is 4.79 Å². The minimum absolute atomic E-state index is 0.101. The Balaban J connectivity index is 2.49. The normalized spacial score (nSPS) is 12.6. The van der Waals surface area contributed by atoms with Crippen LogP contribution < -0.4 is 5.32 Å². The Morgan fingerprint density at radius 3 is 2.52 bits per heavy atom. The smallest absolute Gasteiger partial charge is 0.327 e. The number of aliphatic carboxylic acids is 1. The molecule has 0 aromatic heterocycles. The Labute approximate surface area is 131 Å². The minimum atomic E-state index is -3.42. The van der Waals surface area contributed by atoms with Crippen LogP contribution in [0.25, 0.3) is 0 Å². The van der Waals surface area contributed by atoms with Crippen molar-refractivity contribution >= 4 is 45.6 Å². The molecule has 0 spiro atoms. The fourth-order valence-electron chi connectivity index (χ4n) is 1.40. The van der Waals surface area contributed by atoms with Crippen LogP contribution in [0, 0.1) is 0 Å². The molecular formula is C12H14ClNO5S2. The second-order valence-corrected chi connectivity index (χ2v) is 7.72. The van der Waals surface area contributed by atoms with Gasteiger partial charge in [-0.1, -0.05) is 11.6 Å². The van der Waals surface area contributed by atoms with Crippen molar-refractivity contribution in [3.05, 3.63) is 29.3 Å². The number of hydrogen-bond acceptors (Lipinski definition) is 5. The second-order valence-electron chi connectivity index (χ2n) is 4.02. The zero-order valence-corrected chi connectivity index (χ0v) is 13.2. The average Bonchev–Trinajstić information content (AvgIpc) is 2.42. The average molecular weight is 352 g/mol. The lowest BCUT2D eigenvalue weighted by atomic mass is 10.3. The third kappa shape index (κ3) is 5.94. The number of amides is 1. The number of carbonyl (C=O) groups is 2. The summed E-state index contributed by atoms with van der Waals surface area (Å²) in [5, 5.41) is 11.4. The summed E-state index contributed by atoms with van der Waals surface area (Å²) in [6, 6.07) is 4.82. The highest BCUT2D eigenvalue weighted by molar-refractivity contribution is 8.00. The SMILES string of the molecule is O=CNC(CSCCS(=O)(=O)c1ccc(Cl)cc1)C(=O)O. The van der Waals surface area contributed by atoms with Gasteiger partial charge >= 0.3 is 5.97 Å². The topological polar surface area (TPSA) is 101 Å². The van der Waals surface area contributed by atoms with E-state index in [-0.39, 0.29) is 22.2 Å². The fraction of sp³-hybridized carbons (Fsp3) is 0.333. The van der Waals surface area contributed by atoms with Gasteiger partial charge in [-0.15, -0.1) is 0 Å². The summed E-state index contributed by atoms with van der Waals surface area (Å²) in [7, 11) is -3.42. The predicted molar refractivity (Wildman–Crippen MR) is 81.5 cm³/mol. The Bertz CT molecular complexity index is 588. The predicted octanol–water partition coefficient (Wildman–Crippen LogP) is 1.05. The summed E-state index contributed by atoms with van der Waals surface area (Å²) in [6.07, 6.45) is 0.309. The molecule has 1 rings (SSSR count). The summed E-state index contributed by atoms with van der Waals surface area (Å²) < 4.78 is 24.0. The summed E-state index contributed by atoms with van der Waals surface area (Å²) in [5.74, 6) is -0.943. The van der Waals surface area contributed by atoms with Crippen molar-refractivity contribution in [3.8, 4) is 0 Å². The molecule has 0 aliphatic rings. The number of benzene rings is 1. The Morgan fingerprint density at radius 1 is 1.38 bits per heavy atom. The fourth-order valence-corrected chi connectivity index (χ4v) is 4.31. The highest BCUT2D eigenvalue weighted by Crippen LogP contribution is 2.16. The summed E-state index contributed by atoms with van der Waals surface area (Å²) in [6.45, 7) is 0. The van der Waals surface area contributed by atoms with Crippen LogP contribution in [0.2, 0.25) is 5.02 Å². The van der Waals surface area contributed by atoms with Gasteiger partial charge in [0.05, 0.1) is 10.6 Å². The molecule has 9 heteroatoms. The number of nitrogens with one attached hydrogen (secondary N) is 1. The van der Waals surface area contributed by atoms with Gasteiger partial charge in [0, 0.05) is 16.5 Å². The molecule has 2 N–H and O–H groups in total. The quantitative estimate of drug-likeness (QED) is 0.509. The monoisotopic (exact) mass is 351 g/mol. The van der Waals surface area contributed by atoms with Gasteiger partial charge in [0.25, 0.3) is 0 Å². The largest absolute Gasteiger partial charge is 0.480 e. The molecule has 0 fully saturated rings. The standard InChI is InChI=1S/C12H14ClNO5S2/c13-9-1-3-10(4-2-9)21(18,19)6-5-20-7-11(12(16)17)14-8-15/h1-4,8,11H,5-7H2,(H,14,15)(H,16,17). The number of rotatable bonds is 9. The molecule has 0 saturated heterocycles. The van der Waals surface area contributed by atoms with Crippen molar-refractivity contribution in [2.45, 2.75) is 10.9 Å². The maximum atomic E-state index is 12.0. The van der Waals surface area contributed by atoms with E-state index in [0.29, 0.717) is 11.4 Å². The molecule has 0 saturated carbocycles. The van der Waals surface area contributed by atoms with Crippen LogP contribution in [-0.4, -0.2) is 49.2 Å². The van der Waals surface area contributed by atoms with Crippen LogP contribution in [0.1, 0.15) is 0 Å². The highest BCUT2D eigenvalue weighted by atomic mass is 35.5. The highest BCUT2D eigenvalue weighted by Gasteiger charge is 2.18. The maximum absolute atomic E-state index is 12.0. The van der Waals surface area contributed by atoms with Crippen LogP contribution in [0.3, 0.4) is 0 Å². The van der Waals surface area contributed by atoms with Crippen LogP contribution in [0.5, 0.6) is 0 Å². The van der Waals surface area contributed by atoms with Gasteiger partial charge in [0.15, 0.2) is 9.84 Å². The van der Waals surface area contributed by atoms with Crippen molar-refractivity contribution in [1.29, 1.82) is 0 Å². The molecule has 0 radical (unpaired) electrons. The van der Waals surface area contributed by atoms with Gasteiger partial charge < -0.3 is 10.4 Å². The van der Waals surface area contributed by atoms with Crippen LogP contribution in [-0.2, 0) is 19.4 Å².